The van der Waals surface area contributed by atoms with Crippen LogP contribution in [-0.2, 0) is 6.42 Å². The maximum atomic E-state index is 9.70. The molecule has 1 aliphatic rings. The van der Waals surface area contributed by atoms with Gasteiger partial charge in [0, 0.05) is 12.7 Å². The van der Waals surface area contributed by atoms with E-state index in [-0.39, 0.29) is 5.75 Å². The maximum absolute atomic E-state index is 9.70. The molecule has 0 atom stereocenters. The molecule has 1 fully saturated rings. The van der Waals surface area contributed by atoms with Gasteiger partial charge >= 0.3 is 0 Å². The van der Waals surface area contributed by atoms with Crippen LogP contribution in [0.25, 0.3) is 0 Å². The number of rotatable bonds is 6. The fourth-order valence-corrected chi connectivity index (χ4v) is 3.04. The van der Waals surface area contributed by atoms with E-state index in [1.54, 1.807) is 19.3 Å². The van der Waals surface area contributed by atoms with Crippen LogP contribution in [0.4, 0.5) is 0 Å². The number of hydrogen-bond acceptors (Lipinski definition) is 4. The van der Waals surface area contributed by atoms with Gasteiger partial charge in [0.25, 0.3) is 0 Å². The summed E-state index contributed by atoms with van der Waals surface area (Å²) in [6, 6.07) is 3.64. The van der Waals surface area contributed by atoms with Crippen molar-refractivity contribution in [2.45, 2.75) is 51.4 Å². The topological polar surface area (TPSA) is 48.7 Å². The zero-order chi connectivity index (χ0) is 15.6. The lowest BCUT2D eigenvalue weighted by atomic mass is 10.1. The van der Waals surface area contributed by atoms with Crippen molar-refractivity contribution in [2.75, 3.05) is 26.7 Å². The number of pyridine rings is 1. The van der Waals surface area contributed by atoms with Crippen LogP contribution < -0.4 is 0 Å². The van der Waals surface area contributed by atoms with E-state index >= 15 is 0 Å². The van der Waals surface area contributed by atoms with E-state index in [4.69, 9.17) is 0 Å². The molecule has 4 heteroatoms. The molecule has 1 aliphatic heterocycles. The van der Waals surface area contributed by atoms with E-state index in [1.165, 1.54) is 58.2 Å². The lowest BCUT2D eigenvalue weighted by Gasteiger charge is -2.24. The number of nitrogens with zero attached hydrogens (tertiary/aromatic N) is 3. The molecule has 1 aromatic heterocycles. The van der Waals surface area contributed by atoms with Crippen LogP contribution in [0.3, 0.4) is 0 Å². The molecule has 0 saturated carbocycles. The minimum Gasteiger partial charge on any atom is -0.506 e. The Bertz CT molecular complexity index is 465. The Morgan fingerprint density at radius 3 is 2.59 bits per heavy atom. The van der Waals surface area contributed by atoms with Crippen LogP contribution in [0.1, 0.15) is 56.3 Å². The van der Waals surface area contributed by atoms with Crippen LogP contribution in [0.15, 0.2) is 17.1 Å². The van der Waals surface area contributed by atoms with E-state index in [1.807, 2.05) is 6.07 Å². The number of likely N-dealkylation sites (tertiary alicyclic amines) is 1. The van der Waals surface area contributed by atoms with Crippen LogP contribution in [0.2, 0.25) is 0 Å². The first-order valence-electron chi connectivity index (χ1n) is 8.63. The third-order valence-electron chi connectivity index (χ3n) is 4.32. The highest BCUT2D eigenvalue weighted by Crippen LogP contribution is 2.15. The van der Waals surface area contributed by atoms with Crippen LogP contribution in [0, 0.1) is 0 Å². The van der Waals surface area contributed by atoms with Crippen molar-refractivity contribution in [2.24, 2.45) is 4.99 Å². The Kier molecular flexibility index (Phi) is 7.37. The lowest BCUT2D eigenvalue weighted by Crippen LogP contribution is -2.28. The summed E-state index contributed by atoms with van der Waals surface area (Å²) in [5.74, 6) is 0.204. The van der Waals surface area contributed by atoms with Crippen molar-refractivity contribution < 1.29 is 5.11 Å². The number of aromatic nitrogens is 1. The van der Waals surface area contributed by atoms with E-state index < -0.39 is 0 Å². The fourth-order valence-electron chi connectivity index (χ4n) is 3.04. The highest BCUT2D eigenvalue weighted by atomic mass is 16.3. The van der Waals surface area contributed by atoms with Gasteiger partial charge in [0.15, 0.2) is 0 Å². The Hall–Kier alpha value is -1.42. The summed E-state index contributed by atoms with van der Waals surface area (Å²) in [4.78, 5) is 11.0. The zero-order valence-corrected chi connectivity index (χ0v) is 13.8. The third-order valence-corrected chi connectivity index (χ3v) is 4.32. The fraction of sp³-hybridized carbons (Fsp3) is 0.667. The minimum atomic E-state index is 0.204. The smallest absolute Gasteiger partial charge is 0.142 e. The SMILES string of the molecule is C/N=C/c1nc(CCCCN2CCCCCCC2)ccc1O. The average Bonchev–Trinajstić information content (AvgIpc) is 2.48. The summed E-state index contributed by atoms with van der Waals surface area (Å²) in [6.45, 7) is 3.75. The summed E-state index contributed by atoms with van der Waals surface area (Å²) in [7, 11) is 1.69. The molecule has 22 heavy (non-hydrogen) atoms. The van der Waals surface area contributed by atoms with Crippen molar-refractivity contribution in [1.29, 1.82) is 0 Å². The normalized spacial score (nSPS) is 17.5. The second-order valence-corrected chi connectivity index (χ2v) is 6.16. The molecular weight excluding hydrogens is 274 g/mol. The van der Waals surface area contributed by atoms with Gasteiger partial charge in [0.2, 0.25) is 0 Å². The van der Waals surface area contributed by atoms with Gasteiger partial charge in [-0.15, -0.1) is 0 Å². The number of aromatic hydroxyl groups is 1. The highest BCUT2D eigenvalue weighted by Gasteiger charge is 2.08. The molecule has 2 rings (SSSR count). The standard InChI is InChI=1S/C18H29N3O/c1-19-15-17-18(22)11-10-16(20-17)9-5-8-14-21-12-6-3-2-4-7-13-21/h10-11,15,22H,2-9,12-14H2,1H3/b19-15+. The molecule has 1 aromatic rings. The second-order valence-electron chi connectivity index (χ2n) is 6.16. The Morgan fingerprint density at radius 1 is 1.14 bits per heavy atom. The summed E-state index contributed by atoms with van der Waals surface area (Å²) < 4.78 is 0. The Balaban J connectivity index is 1.72. The highest BCUT2D eigenvalue weighted by molar-refractivity contribution is 5.80. The van der Waals surface area contributed by atoms with Gasteiger partial charge in [-0.3, -0.25) is 4.99 Å². The van der Waals surface area contributed by atoms with Crippen molar-refractivity contribution in [3.05, 3.63) is 23.5 Å². The average molecular weight is 303 g/mol. The first-order valence-corrected chi connectivity index (χ1v) is 8.63. The van der Waals surface area contributed by atoms with Crippen LogP contribution >= 0.6 is 0 Å². The Labute approximate surface area is 134 Å². The van der Waals surface area contributed by atoms with Gasteiger partial charge in [-0.25, -0.2) is 4.98 Å². The summed E-state index contributed by atoms with van der Waals surface area (Å²) in [6.07, 6.45) is 11.9. The van der Waals surface area contributed by atoms with Crippen LogP contribution in [0.5, 0.6) is 5.75 Å². The minimum absolute atomic E-state index is 0.204. The lowest BCUT2D eigenvalue weighted by molar-refractivity contribution is 0.243. The number of aliphatic imine (C=N–C) groups is 1. The van der Waals surface area contributed by atoms with E-state index in [9.17, 15) is 5.11 Å². The summed E-state index contributed by atoms with van der Waals surface area (Å²) >= 11 is 0. The Morgan fingerprint density at radius 2 is 1.86 bits per heavy atom. The molecule has 0 amide bonds. The molecule has 4 nitrogen and oxygen atoms in total. The van der Waals surface area contributed by atoms with Gasteiger partial charge < -0.3 is 10.0 Å². The molecule has 2 heterocycles. The predicted octanol–water partition coefficient (Wildman–Crippen LogP) is 3.42. The van der Waals surface area contributed by atoms with E-state index in [0.29, 0.717) is 5.69 Å². The van der Waals surface area contributed by atoms with Crippen LogP contribution in [-0.4, -0.2) is 47.9 Å². The van der Waals surface area contributed by atoms with E-state index in [0.717, 1.165) is 18.5 Å². The molecule has 0 aliphatic carbocycles. The summed E-state index contributed by atoms with van der Waals surface area (Å²) in [5, 5.41) is 9.70. The second kappa shape index (κ2) is 9.57. The molecule has 0 bridgehead atoms. The van der Waals surface area contributed by atoms with Gasteiger partial charge in [-0.05, 0) is 63.9 Å². The quantitative estimate of drug-likeness (QED) is 0.647. The molecular formula is C18H29N3O. The van der Waals surface area contributed by atoms with Crippen molar-refractivity contribution in [1.82, 2.24) is 9.88 Å². The zero-order valence-electron chi connectivity index (χ0n) is 13.8. The molecule has 0 aromatic carbocycles. The van der Waals surface area contributed by atoms with Gasteiger partial charge in [0.1, 0.15) is 11.4 Å². The van der Waals surface area contributed by atoms with Gasteiger partial charge in [0.05, 0.1) is 6.21 Å². The molecule has 1 saturated heterocycles. The molecule has 0 spiro atoms. The van der Waals surface area contributed by atoms with Gasteiger partial charge in [-0.2, -0.15) is 0 Å². The number of aryl methyl sites for hydroxylation is 1. The maximum Gasteiger partial charge on any atom is 0.142 e. The largest absolute Gasteiger partial charge is 0.506 e. The third kappa shape index (κ3) is 5.76. The molecule has 0 unspecified atom stereocenters. The molecule has 122 valence electrons. The first kappa shape index (κ1) is 16.9. The van der Waals surface area contributed by atoms with Crippen molar-refractivity contribution in [3.8, 4) is 5.75 Å². The predicted molar refractivity (Wildman–Crippen MR) is 91.9 cm³/mol. The van der Waals surface area contributed by atoms with Gasteiger partial charge in [-0.1, -0.05) is 19.3 Å². The number of hydrogen-bond donors (Lipinski definition) is 1. The first-order chi connectivity index (χ1) is 10.8. The molecule has 0 radical (unpaired) electrons. The van der Waals surface area contributed by atoms with E-state index in [2.05, 4.69) is 14.9 Å². The summed E-state index contributed by atoms with van der Waals surface area (Å²) in [5.41, 5.74) is 1.61. The van der Waals surface area contributed by atoms with Crippen molar-refractivity contribution >= 4 is 6.21 Å². The monoisotopic (exact) mass is 303 g/mol. The van der Waals surface area contributed by atoms with Crippen molar-refractivity contribution in [3.63, 3.8) is 0 Å². The molecule has 1 N–H and O–H groups in total. The number of unbranched alkanes of at least 4 members (excludes halogenated alkanes) is 1.